The third-order valence-electron chi connectivity index (χ3n) is 9.71. The van der Waals surface area contributed by atoms with Gasteiger partial charge in [0.15, 0.2) is 5.58 Å². The maximum absolute atomic E-state index is 6.47. The van der Waals surface area contributed by atoms with Gasteiger partial charge < -0.3 is 9.32 Å². The molecule has 0 N–H and O–H groups in total. The van der Waals surface area contributed by atoms with Crippen LogP contribution in [0.25, 0.3) is 55.6 Å². The van der Waals surface area contributed by atoms with Crippen molar-refractivity contribution >= 4 is 38.9 Å². The molecule has 1 heterocycles. The molecule has 0 bridgehead atoms. The van der Waals surface area contributed by atoms with Gasteiger partial charge in [-0.25, -0.2) is 4.98 Å². The van der Waals surface area contributed by atoms with Crippen LogP contribution >= 0.6 is 0 Å². The molecule has 1 aliphatic carbocycles. The molecular formula is C44H32N2O. The van der Waals surface area contributed by atoms with Gasteiger partial charge in [0, 0.05) is 33.1 Å². The molecule has 47 heavy (non-hydrogen) atoms. The zero-order valence-corrected chi connectivity index (χ0v) is 26.3. The van der Waals surface area contributed by atoms with E-state index in [0.717, 1.165) is 44.5 Å². The standard InChI is InChI=1S/C44H32N2O/c1-44(2)38-18-10-9-16-34(38)37-28-33(24-26-39(37)44)46(32-22-20-30(21-23-32)29-12-5-3-6-13-29)41-19-11-17-36-35(41)25-27-40-42(36)47-43(45-40)31-14-7-4-8-15-31/h3-28H,1-2H3. The Kier molecular flexibility index (Phi) is 6.16. The lowest BCUT2D eigenvalue weighted by molar-refractivity contribution is 0.623. The van der Waals surface area contributed by atoms with Crippen LogP contribution in [0.3, 0.4) is 0 Å². The lowest BCUT2D eigenvalue weighted by atomic mass is 9.82. The molecule has 0 amide bonds. The van der Waals surface area contributed by atoms with Gasteiger partial charge in [-0.1, -0.05) is 117 Å². The van der Waals surface area contributed by atoms with Crippen molar-refractivity contribution < 1.29 is 4.42 Å². The summed E-state index contributed by atoms with van der Waals surface area (Å²) in [6.45, 7) is 4.66. The van der Waals surface area contributed by atoms with Gasteiger partial charge in [-0.05, 0) is 88.0 Å². The highest BCUT2D eigenvalue weighted by atomic mass is 16.3. The minimum Gasteiger partial charge on any atom is -0.435 e. The van der Waals surface area contributed by atoms with Crippen molar-refractivity contribution in [2.75, 3.05) is 4.90 Å². The second kappa shape index (κ2) is 10.6. The molecule has 0 saturated heterocycles. The Hall–Kier alpha value is -5.93. The number of aromatic nitrogens is 1. The van der Waals surface area contributed by atoms with Gasteiger partial charge in [-0.3, -0.25) is 0 Å². The van der Waals surface area contributed by atoms with Crippen LogP contribution in [0.1, 0.15) is 25.0 Å². The van der Waals surface area contributed by atoms with Crippen molar-refractivity contribution in [1.82, 2.24) is 4.98 Å². The first-order valence-electron chi connectivity index (χ1n) is 16.1. The Morgan fingerprint density at radius 2 is 1.17 bits per heavy atom. The highest BCUT2D eigenvalue weighted by Crippen LogP contribution is 2.51. The Labute approximate surface area is 274 Å². The van der Waals surface area contributed by atoms with Crippen LogP contribution in [-0.4, -0.2) is 4.98 Å². The molecule has 0 fully saturated rings. The lowest BCUT2D eigenvalue weighted by Crippen LogP contribution is -2.15. The number of hydrogen-bond acceptors (Lipinski definition) is 3. The van der Waals surface area contributed by atoms with Gasteiger partial charge in [0.25, 0.3) is 0 Å². The molecule has 1 aromatic heterocycles. The number of nitrogens with zero attached hydrogens (tertiary/aromatic N) is 2. The van der Waals surface area contributed by atoms with Crippen LogP contribution in [-0.2, 0) is 5.41 Å². The molecule has 3 heteroatoms. The number of benzene rings is 7. The van der Waals surface area contributed by atoms with E-state index < -0.39 is 0 Å². The SMILES string of the molecule is CC1(C)c2ccccc2-c2cc(N(c3ccc(-c4ccccc4)cc3)c3cccc4c3ccc3nc(-c5ccccc5)oc34)ccc21. The minimum absolute atomic E-state index is 0.0551. The van der Waals surface area contributed by atoms with Crippen molar-refractivity contribution in [1.29, 1.82) is 0 Å². The number of fused-ring (bicyclic) bond motifs is 6. The Balaban J connectivity index is 1.25. The molecule has 0 spiro atoms. The van der Waals surface area contributed by atoms with Crippen molar-refractivity contribution in [3.63, 3.8) is 0 Å². The van der Waals surface area contributed by atoms with Crippen LogP contribution < -0.4 is 4.90 Å². The van der Waals surface area contributed by atoms with Gasteiger partial charge in [0.2, 0.25) is 5.89 Å². The number of hydrogen-bond donors (Lipinski definition) is 0. The quantitative estimate of drug-likeness (QED) is 0.196. The van der Waals surface area contributed by atoms with E-state index in [1.165, 1.54) is 33.4 Å². The van der Waals surface area contributed by atoms with Gasteiger partial charge in [0.05, 0.1) is 5.69 Å². The van der Waals surface area contributed by atoms with Crippen LogP contribution in [0.15, 0.2) is 162 Å². The van der Waals surface area contributed by atoms with Crippen LogP contribution in [0.5, 0.6) is 0 Å². The molecule has 0 atom stereocenters. The summed E-state index contributed by atoms with van der Waals surface area (Å²) in [7, 11) is 0. The van der Waals surface area contributed by atoms with Gasteiger partial charge in [-0.2, -0.15) is 0 Å². The molecule has 224 valence electrons. The number of rotatable bonds is 5. The predicted octanol–water partition coefficient (Wildman–Crippen LogP) is 12.1. The molecule has 3 nitrogen and oxygen atoms in total. The summed E-state index contributed by atoms with van der Waals surface area (Å²) < 4.78 is 6.47. The van der Waals surface area contributed by atoms with Crippen molar-refractivity contribution in [2.24, 2.45) is 0 Å². The highest BCUT2D eigenvalue weighted by Gasteiger charge is 2.35. The summed E-state index contributed by atoms with van der Waals surface area (Å²) >= 11 is 0. The largest absolute Gasteiger partial charge is 0.435 e. The first kappa shape index (κ1) is 27.4. The van der Waals surface area contributed by atoms with Crippen LogP contribution in [0.2, 0.25) is 0 Å². The van der Waals surface area contributed by atoms with Crippen LogP contribution in [0, 0.1) is 0 Å². The fourth-order valence-electron chi connectivity index (χ4n) is 7.33. The summed E-state index contributed by atoms with van der Waals surface area (Å²) in [6, 6.07) is 56.1. The molecule has 9 rings (SSSR count). The van der Waals surface area contributed by atoms with E-state index in [1.54, 1.807) is 0 Å². The van der Waals surface area contributed by atoms with Gasteiger partial charge >= 0.3 is 0 Å². The molecule has 8 aromatic rings. The van der Waals surface area contributed by atoms with E-state index >= 15 is 0 Å². The molecule has 7 aromatic carbocycles. The zero-order valence-electron chi connectivity index (χ0n) is 26.3. The van der Waals surface area contributed by atoms with E-state index in [0.29, 0.717) is 5.89 Å². The summed E-state index contributed by atoms with van der Waals surface area (Å²) in [6.07, 6.45) is 0. The predicted molar refractivity (Wildman–Crippen MR) is 195 cm³/mol. The second-order valence-corrected chi connectivity index (χ2v) is 12.8. The summed E-state index contributed by atoms with van der Waals surface area (Å²) in [5.41, 5.74) is 13.6. The van der Waals surface area contributed by atoms with Gasteiger partial charge in [0.1, 0.15) is 5.52 Å². The number of oxazole rings is 1. The van der Waals surface area contributed by atoms with E-state index in [1.807, 2.05) is 30.3 Å². The molecular weight excluding hydrogens is 572 g/mol. The number of anilines is 3. The zero-order chi connectivity index (χ0) is 31.5. The average Bonchev–Trinajstić information content (AvgIpc) is 3.67. The third-order valence-corrected chi connectivity index (χ3v) is 9.71. The third kappa shape index (κ3) is 4.39. The highest BCUT2D eigenvalue weighted by molar-refractivity contribution is 6.10. The minimum atomic E-state index is -0.0551. The average molecular weight is 605 g/mol. The smallest absolute Gasteiger partial charge is 0.227 e. The van der Waals surface area contributed by atoms with Crippen molar-refractivity contribution in [2.45, 2.75) is 19.3 Å². The summed E-state index contributed by atoms with van der Waals surface area (Å²) in [5, 5.41) is 2.14. The fourth-order valence-corrected chi connectivity index (χ4v) is 7.33. The van der Waals surface area contributed by atoms with E-state index in [9.17, 15) is 0 Å². The van der Waals surface area contributed by atoms with Crippen LogP contribution in [0.4, 0.5) is 17.1 Å². The molecule has 0 saturated carbocycles. The fraction of sp³-hybridized carbons (Fsp3) is 0.0682. The molecule has 0 unspecified atom stereocenters. The molecule has 0 aliphatic heterocycles. The Morgan fingerprint density at radius 3 is 1.96 bits per heavy atom. The van der Waals surface area contributed by atoms with E-state index in [4.69, 9.17) is 9.40 Å². The summed E-state index contributed by atoms with van der Waals surface area (Å²) in [4.78, 5) is 7.24. The first-order valence-corrected chi connectivity index (χ1v) is 16.1. The van der Waals surface area contributed by atoms with Crippen molar-refractivity contribution in [3.8, 4) is 33.7 Å². The summed E-state index contributed by atoms with van der Waals surface area (Å²) in [5.74, 6) is 0.631. The monoisotopic (exact) mass is 604 g/mol. The van der Waals surface area contributed by atoms with E-state index in [-0.39, 0.29) is 5.41 Å². The second-order valence-electron chi connectivity index (χ2n) is 12.8. The maximum atomic E-state index is 6.47. The van der Waals surface area contributed by atoms with Gasteiger partial charge in [-0.15, -0.1) is 0 Å². The molecule has 0 radical (unpaired) electrons. The Bertz CT molecular complexity index is 2420. The topological polar surface area (TPSA) is 29.3 Å². The van der Waals surface area contributed by atoms with Crippen molar-refractivity contribution in [3.05, 3.63) is 169 Å². The van der Waals surface area contributed by atoms with E-state index in [2.05, 4.69) is 146 Å². The lowest BCUT2D eigenvalue weighted by Gasteiger charge is -2.28. The maximum Gasteiger partial charge on any atom is 0.227 e. The molecule has 1 aliphatic rings. The first-order chi connectivity index (χ1) is 23.1. The Morgan fingerprint density at radius 1 is 0.511 bits per heavy atom. The normalized spacial score (nSPS) is 13.1.